The van der Waals surface area contributed by atoms with Crippen molar-refractivity contribution in [1.82, 2.24) is 4.98 Å². The summed E-state index contributed by atoms with van der Waals surface area (Å²) in [7, 11) is 0. The number of rotatable bonds is 3. The Balaban J connectivity index is 2.45. The molecule has 1 heterocycles. The van der Waals surface area contributed by atoms with Crippen LogP contribution in [-0.4, -0.2) is 16.1 Å². The fourth-order valence-electron chi connectivity index (χ4n) is 1.91. The van der Waals surface area contributed by atoms with Crippen molar-refractivity contribution in [2.75, 3.05) is 0 Å². The van der Waals surface area contributed by atoms with Gasteiger partial charge in [-0.15, -0.1) is 0 Å². The van der Waals surface area contributed by atoms with Crippen LogP contribution >= 0.6 is 11.6 Å². The molecule has 1 aromatic carbocycles. The smallest absolute Gasteiger partial charge is 0.303 e. The average Bonchev–Trinajstić information content (AvgIpc) is 2.51. The van der Waals surface area contributed by atoms with Crippen molar-refractivity contribution < 1.29 is 9.90 Å². The van der Waals surface area contributed by atoms with Crippen molar-refractivity contribution in [1.29, 1.82) is 0 Å². The first kappa shape index (κ1) is 11.0. The van der Waals surface area contributed by atoms with Gasteiger partial charge in [0.15, 0.2) is 0 Å². The van der Waals surface area contributed by atoms with Crippen LogP contribution in [0.3, 0.4) is 0 Å². The molecule has 0 atom stereocenters. The van der Waals surface area contributed by atoms with Crippen LogP contribution in [-0.2, 0) is 11.2 Å². The molecule has 0 saturated heterocycles. The SMILES string of the molecule is Cc1[nH]c2ccc(Cl)cc2c1CCC(=O)O. The summed E-state index contributed by atoms with van der Waals surface area (Å²) >= 11 is 5.93. The Morgan fingerprint density at radius 1 is 1.50 bits per heavy atom. The van der Waals surface area contributed by atoms with Crippen LogP contribution in [0, 0.1) is 6.92 Å². The summed E-state index contributed by atoms with van der Waals surface area (Å²) in [6.45, 7) is 1.95. The zero-order valence-electron chi connectivity index (χ0n) is 8.88. The Kier molecular flexibility index (Phi) is 2.88. The quantitative estimate of drug-likeness (QED) is 0.862. The van der Waals surface area contributed by atoms with Gasteiger partial charge in [-0.05, 0) is 37.1 Å². The molecule has 84 valence electrons. The van der Waals surface area contributed by atoms with Gasteiger partial charge in [0.2, 0.25) is 0 Å². The molecule has 0 amide bonds. The molecule has 0 saturated carbocycles. The van der Waals surface area contributed by atoms with Crippen molar-refractivity contribution in [3.05, 3.63) is 34.5 Å². The first-order chi connectivity index (χ1) is 7.58. The number of carbonyl (C=O) groups is 1. The van der Waals surface area contributed by atoms with E-state index in [1.54, 1.807) is 0 Å². The first-order valence-corrected chi connectivity index (χ1v) is 5.44. The van der Waals surface area contributed by atoms with Gasteiger partial charge >= 0.3 is 5.97 Å². The fraction of sp³-hybridized carbons (Fsp3) is 0.250. The zero-order chi connectivity index (χ0) is 11.7. The molecule has 2 rings (SSSR count). The number of aryl methyl sites for hydroxylation is 2. The van der Waals surface area contributed by atoms with Gasteiger partial charge in [0, 0.05) is 28.0 Å². The number of hydrogen-bond donors (Lipinski definition) is 2. The van der Waals surface area contributed by atoms with E-state index in [0.29, 0.717) is 11.4 Å². The third kappa shape index (κ3) is 2.04. The van der Waals surface area contributed by atoms with E-state index >= 15 is 0 Å². The van der Waals surface area contributed by atoms with Crippen LogP contribution in [0.1, 0.15) is 17.7 Å². The molecule has 0 aliphatic heterocycles. The molecule has 1 aromatic heterocycles. The number of H-pyrrole nitrogens is 1. The van der Waals surface area contributed by atoms with Gasteiger partial charge in [0.1, 0.15) is 0 Å². The summed E-state index contributed by atoms with van der Waals surface area (Å²) in [5, 5.41) is 10.4. The molecule has 16 heavy (non-hydrogen) atoms. The van der Waals surface area contributed by atoms with E-state index in [1.165, 1.54) is 0 Å². The van der Waals surface area contributed by atoms with Crippen molar-refractivity contribution in [2.45, 2.75) is 19.8 Å². The molecule has 0 aliphatic carbocycles. The summed E-state index contributed by atoms with van der Waals surface area (Å²) in [6.07, 6.45) is 0.668. The Labute approximate surface area is 98.0 Å². The number of carboxylic acid groups (broad SMARTS) is 1. The molecular weight excluding hydrogens is 226 g/mol. The van der Waals surface area contributed by atoms with Gasteiger partial charge in [-0.2, -0.15) is 0 Å². The molecule has 0 spiro atoms. The Morgan fingerprint density at radius 3 is 2.94 bits per heavy atom. The van der Waals surface area contributed by atoms with Crippen molar-refractivity contribution in [2.24, 2.45) is 0 Å². The normalized spacial score (nSPS) is 10.9. The van der Waals surface area contributed by atoms with E-state index < -0.39 is 5.97 Å². The largest absolute Gasteiger partial charge is 0.481 e. The minimum Gasteiger partial charge on any atom is -0.481 e. The number of aliphatic carboxylic acids is 1. The molecule has 2 N–H and O–H groups in total. The zero-order valence-corrected chi connectivity index (χ0v) is 9.64. The maximum Gasteiger partial charge on any atom is 0.303 e. The Morgan fingerprint density at radius 2 is 2.25 bits per heavy atom. The molecule has 0 radical (unpaired) electrons. The van der Waals surface area contributed by atoms with E-state index in [9.17, 15) is 4.79 Å². The number of carboxylic acids is 1. The second-order valence-corrected chi connectivity index (χ2v) is 4.25. The topological polar surface area (TPSA) is 53.1 Å². The van der Waals surface area contributed by atoms with Crippen LogP contribution in [0.15, 0.2) is 18.2 Å². The summed E-state index contributed by atoms with van der Waals surface area (Å²) in [5.74, 6) is -0.782. The van der Waals surface area contributed by atoms with Gasteiger partial charge in [-0.1, -0.05) is 11.6 Å². The standard InChI is InChI=1S/C12H12ClNO2/c1-7-9(3-5-12(15)16)10-6-8(13)2-4-11(10)14-7/h2,4,6,14H,3,5H2,1H3,(H,15,16). The Bertz CT molecular complexity index is 545. The molecule has 3 nitrogen and oxygen atoms in total. The summed E-state index contributed by atoms with van der Waals surface area (Å²) < 4.78 is 0. The molecule has 0 bridgehead atoms. The summed E-state index contributed by atoms with van der Waals surface area (Å²) in [6, 6.07) is 5.60. The van der Waals surface area contributed by atoms with E-state index in [-0.39, 0.29) is 6.42 Å². The molecule has 0 fully saturated rings. The lowest BCUT2D eigenvalue weighted by molar-refractivity contribution is -0.136. The molecule has 0 aliphatic rings. The highest BCUT2D eigenvalue weighted by Crippen LogP contribution is 2.26. The maximum atomic E-state index is 10.6. The second kappa shape index (κ2) is 4.18. The third-order valence-electron chi connectivity index (χ3n) is 2.67. The molecule has 4 heteroatoms. The van der Waals surface area contributed by atoms with Gasteiger partial charge in [0.05, 0.1) is 0 Å². The van der Waals surface area contributed by atoms with Crippen LogP contribution in [0.2, 0.25) is 5.02 Å². The third-order valence-corrected chi connectivity index (χ3v) is 2.91. The number of fused-ring (bicyclic) bond motifs is 1. The van der Waals surface area contributed by atoms with E-state index in [1.807, 2.05) is 25.1 Å². The van der Waals surface area contributed by atoms with Crippen molar-refractivity contribution >= 4 is 28.5 Å². The summed E-state index contributed by atoms with van der Waals surface area (Å²) in [4.78, 5) is 13.8. The van der Waals surface area contributed by atoms with Crippen LogP contribution in [0.25, 0.3) is 10.9 Å². The maximum absolute atomic E-state index is 10.6. The number of benzene rings is 1. The molecular formula is C12H12ClNO2. The lowest BCUT2D eigenvalue weighted by Crippen LogP contribution is -1.97. The number of aromatic nitrogens is 1. The number of halogens is 1. The highest BCUT2D eigenvalue weighted by atomic mass is 35.5. The Hall–Kier alpha value is -1.48. The lowest BCUT2D eigenvalue weighted by Gasteiger charge is -1.99. The number of hydrogen-bond acceptors (Lipinski definition) is 1. The van der Waals surface area contributed by atoms with E-state index in [4.69, 9.17) is 16.7 Å². The van der Waals surface area contributed by atoms with Gasteiger partial charge in [-0.3, -0.25) is 4.79 Å². The van der Waals surface area contributed by atoms with Gasteiger partial charge in [-0.25, -0.2) is 0 Å². The highest BCUT2D eigenvalue weighted by molar-refractivity contribution is 6.31. The molecule has 0 unspecified atom stereocenters. The lowest BCUT2D eigenvalue weighted by atomic mass is 10.1. The second-order valence-electron chi connectivity index (χ2n) is 3.81. The predicted molar refractivity (Wildman–Crippen MR) is 64.0 cm³/mol. The van der Waals surface area contributed by atoms with E-state index in [0.717, 1.165) is 22.2 Å². The number of aromatic amines is 1. The van der Waals surface area contributed by atoms with Crippen LogP contribution in [0.5, 0.6) is 0 Å². The minimum absolute atomic E-state index is 0.139. The summed E-state index contributed by atoms with van der Waals surface area (Å²) in [5.41, 5.74) is 3.06. The van der Waals surface area contributed by atoms with Crippen LogP contribution in [0.4, 0.5) is 0 Å². The molecule has 2 aromatic rings. The van der Waals surface area contributed by atoms with Crippen molar-refractivity contribution in [3.8, 4) is 0 Å². The predicted octanol–water partition coefficient (Wildman–Crippen LogP) is 3.15. The first-order valence-electron chi connectivity index (χ1n) is 5.06. The monoisotopic (exact) mass is 237 g/mol. The van der Waals surface area contributed by atoms with Crippen molar-refractivity contribution in [3.63, 3.8) is 0 Å². The van der Waals surface area contributed by atoms with Gasteiger partial charge in [0.25, 0.3) is 0 Å². The fourth-order valence-corrected chi connectivity index (χ4v) is 2.08. The van der Waals surface area contributed by atoms with Gasteiger partial charge < -0.3 is 10.1 Å². The minimum atomic E-state index is -0.782. The average molecular weight is 238 g/mol. The number of nitrogens with one attached hydrogen (secondary N) is 1. The van der Waals surface area contributed by atoms with Crippen LogP contribution < -0.4 is 0 Å². The van der Waals surface area contributed by atoms with E-state index in [2.05, 4.69) is 4.98 Å². The highest BCUT2D eigenvalue weighted by Gasteiger charge is 2.10.